The van der Waals surface area contributed by atoms with Gasteiger partial charge in [0.1, 0.15) is 10.7 Å². The second-order valence-electron chi connectivity index (χ2n) is 3.59. The van der Waals surface area contributed by atoms with Crippen molar-refractivity contribution in [3.8, 4) is 0 Å². The van der Waals surface area contributed by atoms with Gasteiger partial charge in [0.2, 0.25) is 15.9 Å². The van der Waals surface area contributed by atoms with Gasteiger partial charge in [-0.25, -0.2) is 12.8 Å². The summed E-state index contributed by atoms with van der Waals surface area (Å²) in [5.41, 5.74) is 10.4. The lowest BCUT2D eigenvalue weighted by molar-refractivity contribution is -0.118. The molecule has 0 saturated heterocycles. The highest BCUT2D eigenvalue weighted by molar-refractivity contribution is 7.89. The number of anilines is 1. The summed E-state index contributed by atoms with van der Waals surface area (Å²) >= 11 is 0. The van der Waals surface area contributed by atoms with Crippen LogP contribution in [0.5, 0.6) is 0 Å². The number of likely N-dealkylation sites (N-methyl/N-ethyl adjacent to an activating group) is 1. The molecule has 0 aliphatic rings. The van der Waals surface area contributed by atoms with Gasteiger partial charge in [0.15, 0.2) is 0 Å². The number of benzene rings is 1. The Kier molecular flexibility index (Phi) is 4.25. The van der Waals surface area contributed by atoms with E-state index in [4.69, 9.17) is 11.5 Å². The van der Waals surface area contributed by atoms with Gasteiger partial charge in [0.25, 0.3) is 0 Å². The van der Waals surface area contributed by atoms with Crippen LogP contribution in [0, 0.1) is 5.82 Å². The highest BCUT2D eigenvalue weighted by atomic mass is 32.2. The first-order valence-electron chi connectivity index (χ1n) is 5.12. The molecule has 0 aliphatic carbocycles. The molecule has 0 heterocycles. The van der Waals surface area contributed by atoms with Crippen molar-refractivity contribution in [1.29, 1.82) is 0 Å². The maximum Gasteiger partial charge on any atom is 0.246 e. The van der Waals surface area contributed by atoms with E-state index in [0.29, 0.717) is 0 Å². The van der Waals surface area contributed by atoms with Gasteiger partial charge < -0.3 is 11.5 Å². The van der Waals surface area contributed by atoms with E-state index in [1.54, 1.807) is 0 Å². The summed E-state index contributed by atoms with van der Waals surface area (Å²) in [4.78, 5) is 10.3. The third-order valence-corrected chi connectivity index (χ3v) is 4.21. The average Bonchev–Trinajstić information content (AvgIpc) is 2.24. The van der Waals surface area contributed by atoms with Crippen molar-refractivity contribution in [2.45, 2.75) is 11.8 Å². The van der Waals surface area contributed by atoms with Gasteiger partial charge in [-0.1, -0.05) is 6.92 Å². The number of carbonyl (C=O) groups is 1. The zero-order chi connectivity index (χ0) is 13.9. The predicted molar refractivity (Wildman–Crippen MR) is 64.4 cm³/mol. The monoisotopic (exact) mass is 275 g/mol. The number of hydrogen-bond acceptors (Lipinski definition) is 4. The molecule has 0 saturated carbocycles. The Hall–Kier alpha value is -1.67. The Morgan fingerprint density at radius 2 is 2.06 bits per heavy atom. The van der Waals surface area contributed by atoms with Crippen molar-refractivity contribution in [2.75, 3.05) is 18.8 Å². The Bertz CT molecular complexity index is 559. The van der Waals surface area contributed by atoms with E-state index in [1.165, 1.54) is 13.0 Å². The van der Waals surface area contributed by atoms with Gasteiger partial charge in [-0.3, -0.25) is 4.79 Å². The summed E-state index contributed by atoms with van der Waals surface area (Å²) in [5, 5.41) is 0. The summed E-state index contributed by atoms with van der Waals surface area (Å²) in [6.07, 6.45) is 0. The minimum Gasteiger partial charge on any atom is -0.399 e. The van der Waals surface area contributed by atoms with E-state index >= 15 is 0 Å². The molecule has 0 bridgehead atoms. The molecule has 1 aromatic rings. The van der Waals surface area contributed by atoms with Gasteiger partial charge >= 0.3 is 0 Å². The molecule has 0 atom stereocenters. The molecule has 0 fully saturated rings. The predicted octanol–water partition coefficient (Wildman–Crippen LogP) is -0.0962. The average molecular weight is 275 g/mol. The maximum absolute atomic E-state index is 13.6. The van der Waals surface area contributed by atoms with E-state index in [1.807, 2.05) is 0 Å². The van der Waals surface area contributed by atoms with Gasteiger partial charge in [-0.2, -0.15) is 4.31 Å². The molecule has 8 heteroatoms. The van der Waals surface area contributed by atoms with Crippen LogP contribution < -0.4 is 11.5 Å². The Morgan fingerprint density at radius 3 is 2.50 bits per heavy atom. The SMILES string of the molecule is CCN(CC(N)=O)S(=O)(=O)c1ccc(N)cc1F. The number of sulfonamides is 1. The first-order valence-corrected chi connectivity index (χ1v) is 6.56. The first kappa shape index (κ1) is 14.4. The molecule has 0 radical (unpaired) electrons. The van der Waals surface area contributed by atoms with Crippen molar-refractivity contribution in [2.24, 2.45) is 5.73 Å². The highest BCUT2D eigenvalue weighted by Crippen LogP contribution is 2.20. The van der Waals surface area contributed by atoms with Crippen LogP contribution in [0.1, 0.15) is 6.92 Å². The zero-order valence-corrected chi connectivity index (χ0v) is 10.6. The second-order valence-corrected chi connectivity index (χ2v) is 5.49. The molecule has 18 heavy (non-hydrogen) atoms. The number of primary amides is 1. The van der Waals surface area contributed by atoms with Crippen LogP contribution in [0.15, 0.2) is 23.1 Å². The molecular weight excluding hydrogens is 261 g/mol. The molecule has 6 nitrogen and oxygen atoms in total. The van der Waals surface area contributed by atoms with Crippen LogP contribution >= 0.6 is 0 Å². The standard InChI is InChI=1S/C10H14FN3O3S/c1-2-14(6-10(13)15)18(16,17)9-4-3-7(12)5-8(9)11/h3-5H,2,6,12H2,1H3,(H2,13,15). The number of halogens is 1. The fourth-order valence-corrected chi connectivity index (χ4v) is 2.87. The molecule has 1 rings (SSSR count). The quantitative estimate of drug-likeness (QED) is 0.732. The molecular formula is C10H14FN3O3S. The molecule has 0 aromatic heterocycles. The van der Waals surface area contributed by atoms with Crippen molar-refractivity contribution in [3.05, 3.63) is 24.0 Å². The van der Waals surface area contributed by atoms with E-state index in [-0.39, 0.29) is 12.2 Å². The number of carbonyl (C=O) groups excluding carboxylic acids is 1. The third kappa shape index (κ3) is 2.96. The molecule has 1 amide bonds. The minimum atomic E-state index is -4.09. The van der Waals surface area contributed by atoms with Crippen molar-refractivity contribution < 1.29 is 17.6 Å². The molecule has 0 spiro atoms. The molecule has 0 aliphatic heterocycles. The molecule has 4 N–H and O–H groups in total. The van der Waals surface area contributed by atoms with Crippen molar-refractivity contribution in [3.63, 3.8) is 0 Å². The summed E-state index contributed by atoms with van der Waals surface area (Å²) in [6.45, 7) is 1.04. The van der Waals surface area contributed by atoms with E-state index in [9.17, 15) is 17.6 Å². The van der Waals surface area contributed by atoms with E-state index < -0.39 is 33.2 Å². The Labute approximate surface area is 104 Å². The zero-order valence-electron chi connectivity index (χ0n) is 9.76. The van der Waals surface area contributed by atoms with Crippen LogP contribution in [0.2, 0.25) is 0 Å². The number of hydrogen-bond donors (Lipinski definition) is 2. The Balaban J connectivity index is 3.23. The minimum absolute atomic E-state index is 0.00902. The fourth-order valence-electron chi connectivity index (χ4n) is 1.41. The molecule has 0 unspecified atom stereocenters. The van der Waals surface area contributed by atoms with Crippen LogP contribution in [0.25, 0.3) is 0 Å². The molecule has 1 aromatic carbocycles. The number of nitrogens with two attached hydrogens (primary N) is 2. The Morgan fingerprint density at radius 1 is 1.44 bits per heavy atom. The number of amides is 1. The lowest BCUT2D eigenvalue weighted by atomic mass is 10.3. The van der Waals surface area contributed by atoms with Crippen LogP contribution in [-0.2, 0) is 14.8 Å². The number of nitrogens with zero attached hydrogens (tertiary/aromatic N) is 1. The topological polar surface area (TPSA) is 106 Å². The van der Waals surface area contributed by atoms with Crippen LogP contribution in [0.4, 0.5) is 10.1 Å². The van der Waals surface area contributed by atoms with Crippen molar-refractivity contribution in [1.82, 2.24) is 4.31 Å². The van der Waals surface area contributed by atoms with E-state index in [2.05, 4.69) is 0 Å². The summed E-state index contributed by atoms with van der Waals surface area (Å²) in [7, 11) is -4.09. The number of nitrogen functional groups attached to an aromatic ring is 1. The van der Waals surface area contributed by atoms with Gasteiger partial charge in [-0.05, 0) is 18.2 Å². The lowest BCUT2D eigenvalue weighted by Crippen LogP contribution is -2.38. The van der Waals surface area contributed by atoms with E-state index in [0.717, 1.165) is 16.4 Å². The molecule has 100 valence electrons. The summed E-state index contributed by atoms with van der Waals surface area (Å²) in [5.74, 6) is -1.77. The first-order chi connectivity index (χ1) is 8.28. The summed E-state index contributed by atoms with van der Waals surface area (Å²) < 4.78 is 38.5. The van der Waals surface area contributed by atoms with Gasteiger partial charge in [0.05, 0.1) is 6.54 Å². The van der Waals surface area contributed by atoms with Crippen LogP contribution in [0.3, 0.4) is 0 Å². The lowest BCUT2D eigenvalue weighted by Gasteiger charge is -2.19. The van der Waals surface area contributed by atoms with Crippen molar-refractivity contribution >= 4 is 21.6 Å². The maximum atomic E-state index is 13.6. The normalized spacial score (nSPS) is 11.7. The third-order valence-electron chi connectivity index (χ3n) is 2.26. The highest BCUT2D eigenvalue weighted by Gasteiger charge is 2.27. The largest absolute Gasteiger partial charge is 0.399 e. The summed E-state index contributed by atoms with van der Waals surface area (Å²) in [6, 6.07) is 3.24. The van der Waals surface area contributed by atoms with Gasteiger partial charge in [-0.15, -0.1) is 0 Å². The fraction of sp³-hybridized carbons (Fsp3) is 0.300. The van der Waals surface area contributed by atoms with Crippen LogP contribution in [-0.4, -0.2) is 31.7 Å². The smallest absolute Gasteiger partial charge is 0.246 e. The number of rotatable bonds is 5. The van der Waals surface area contributed by atoms with Gasteiger partial charge in [0, 0.05) is 12.2 Å². The second kappa shape index (κ2) is 5.32.